The van der Waals surface area contributed by atoms with E-state index in [0.29, 0.717) is 12.1 Å². The van der Waals surface area contributed by atoms with Gasteiger partial charge in [-0.05, 0) is 108 Å². The van der Waals surface area contributed by atoms with E-state index in [9.17, 15) is 45.7 Å². The third-order valence-electron chi connectivity index (χ3n) is 7.82. The molecule has 6 N–H and O–H groups in total. The first kappa shape index (κ1) is 61.5. The van der Waals surface area contributed by atoms with Crippen molar-refractivity contribution in [1.29, 1.82) is 0 Å². The van der Waals surface area contributed by atoms with E-state index in [-0.39, 0.29) is 65.5 Å². The number of hydrogen-bond acceptors (Lipinski definition) is 16. The van der Waals surface area contributed by atoms with E-state index < -0.39 is 64.6 Å². The molecule has 0 saturated carbocycles. The van der Waals surface area contributed by atoms with E-state index in [2.05, 4.69) is 29.9 Å². The summed E-state index contributed by atoms with van der Waals surface area (Å²) in [4.78, 5) is 44.0. The molecule has 68 heavy (non-hydrogen) atoms. The summed E-state index contributed by atoms with van der Waals surface area (Å²) in [6.07, 6.45) is 14.2. The summed E-state index contributed by atoms with van der Waals surface area (Å²) >= 11 is 0. The van der Waals surface area contributed by atoms with Crippen molar-refractivity contribution in [3.8, 4) is 45.4 Å². The van der Waals surface area contributed by atoms with Gasteiger partial charge in [0.1, 0.15) is 20.2 Å². The maximum Gasteiger partial charge on any atom is 2.00 e. The molecular formula is C44H36N6O14Pb2S2. The number of pyridine rings is 6. The van der Waals surface area contributed by atoms with Gasteiger partial charge in [-0.3, -0.25) is 29.9 Å². The summed E-state index contributed by atoms with van der Waals surface area (Å²) in [5, 5.41) is 38.6. The Morgan fingerprint density at radius 3 is 0.882 bits per heavy atom. The number of carbonyl (C=O) groups is 2. The molecule has 6 aromatic heterocycles. The molecule has 6 heterocycles. The summed E-state index contributed by atoms with van der Waals surface area (Å²) in [5.74, 6) is -4.82. The first-order valence-electron chi connectivity index (χ1n) is 18.0. The Morgan fingerprint density at radius 2 is 0.676 bits per heavy atom. The van der Waals surface area contributed by atoms with Crippen molar-refractivity contribution >= 4 is 86.8 Å². The molecule has 0 saturated heterocycles. The Hall–Kier alpha value is -6.54. The van der Waals surface area contributed by atoms with Gasteiger partial charge in [0.15, 0.2) is 0 Å². The SMILES string of the molecule is O.O.O=C(O)c1cc(S(=O)(=O)[O-])ccc1[O-].O=C(O)c1cc(S(=O)(=O)[O-])ccc1[O-].[Pb+2].[Pb+2].c1cc(-c2ccncc2)ccn1.c1ccc(-c2ccccn2)nc1.c1ccc(-c2ccccn2)nc1. The summed E-state index contributed by atoms with van der Waals surface area (Å²) in [5.41, 5.74) is 4.54. The molecule has 8 rings (SSSR count). The van der Waals surface area contributed by atoms with Crippen LogP contribution in [0.5, 0.6) is 11.5 Å². The average molecular weight is 1350 g/mol. The van der Waals surface area contributed by atoms with Crippen LogP contribution in [0.15, 0.2) is 193 Å². The van der Waals surface area contributed by atoms with Crippen molar-refractivity contribution in [2.75, 3.05) is 0 Å². The van der Waals surface area contributed by atoms with Crippen molar-refractivity contribution < 1.29 is 66.9 Å². The number of aromatic nitrogens is 6. The van der Waals surface area contributed by atoms with E-state index in [4.69, 9.17) is 10.2 Å². The quantitative estimate of drug-likeness (QED) is 0.171. The van der Waals surface area contributed by atoms with E-state index in [1.807, 2.05) is 97.1 Å². The second-order valence-corrected chi connectivity index (χ2v) is 14.9. The molecule has 0 fully saturated rings. The van der Waals surface area contributed by atoms with Gasteiger partial charge in [-0.1, -0.05) is 47.9 Å². The molecule has 8 aromatic rings. The zero-order chi connectivity index (χ0) is 46.5. The first-order valence-corrected chi connectivity index (χ1v) is 20.8. The van der Waals surface area contributed by atoms with Crippen LogP contribution in [-0.2, 0) is 20.2 Å². The molecule has 4 radical (unpaired) electrons. The number of hydrogen-bond donors (Lipinski definition) is 2. The fourth-order valence-electron chi connectivity index (χ4n) is 4.81. The molecule has 346 valence electrons. The predicted molar refractivity (Wildman–Crippen MR) is 243 cm³/mol. The standard InChI is InChI=1S/3C10H8N2.2C7H6O6S.2H2O.2Pb/c1-5-11-6-2-9(1)10-3-7-12-8-4-10;2*1-3-7-11-9(5-1)10-6-2-4-8-12-10;2*8-6-2-1-4(14(11,12)13)3-5(6)7(9)10;;;;/h3*1-8H;2*1-3,8H,(H,9,10)(H,11,12,13);2*1H2;;/q;;;;;;;2*+2/p-4. The van der Waals surface area contributed by atoms with Crippen molar-refractivity contribution in [2.45, 2.75) is 9.79 Å². The number of carboxylic acids is 2. The molecule has 0 atom stereocenters. The fraction of sp³-hybridized carbons (Fsp3) is 0. The monoisotopic (exact) mass is 1350 g/mol. The molecule has 0 aliphatic carbocycles. The third-order valence-corrected chi connectivity index (χ3v) is 9.48. The minimum Gasteiger partial charge on any atom is -0.872 e. The van der Waals surface area contributed by atoms with Crippen molar-refractivity contribution in [1.82, 2.24) is 29.9 Å². The van der Waals surface area contributed by atoms with Crippen LogP contribution in [0.1, 0.15) is 20.7 Å². The van der Waals surface area contributed by atoms with Gasteiger partial charge in [-0.25, -0.2) is 26.4 Å². The van der Waals surface area contributed by atoms with Gasteiger partial charge in [0, 0.05) is 49.6 Å². The van der Waals surface area contributed by atoms with E-state index in [1.165, 1.54) is 11.1 Å². The Morgan fingerprint density at radius 1 is 0.412 bits per heavy atom. The zero-order valence-electron chi connectivity index (χ0n) is 34.8. The average Bonchev–Trinajstić information content (AvgIpc) is 3.31. The van der Waals surface area contributed by atoms with Crippen molar-refractivity contribution in [2.24, 2.45) is 0 Å². The molecule has 0 aliphatic heterocycles. The van der Waals surface area contributed by atoms with Gasteiger partial charge >= 0.3 is 66.5 Å². The van der Waals surface area contributed by atoms with Crippen LogP contribution in [-0.4, -0.2) is 144 Å². The maximum atomic E-state index is 10.9. The maximum absolute atomic E-state index is 10.9. The van der Waals surface area contributed by atoms with E-state index in [1.54, 1.807) is 49.6 Å². The van der Waals surface area contributed by atoms with Gasteiger partial charge < -0.3 is 40.5 Å². The molecule has 0 bridgehead atoms. The van der Waals surface area contributed by atoms with Crippen molar-refractivity contribution in [3.05, 3.63) is 194 Å². The van der Waals surface area contributed by atoms with Gasteiger partial charge in [0.25, 0.3) is 0 Å². The van der Waals surface area contributed by atoms with Gasteiger partial charge in [-0.2, -0.15) is 0 Å². The largest absolute Gasteiger partial charge is 2.00 e. The Kier molecular flexibility index (Phi) is 27.7. The molecular weight excluding hydrogens is 1320 g/mol. The van der Waals surface area contributed by atoms with E-state index >= 15 is 0 Å². The van der Waals surface area contributed by atoms with Crippen LogP contribution >= 0.6 is 0 Å². The number of rotatable bonds is 7. The fourth-order valence-corrected chi connectivity index (χ4v) is 5.80. The Bertz CT molecular complexity index is 2580. The molecule has 0 amide bonds. The smallest absolute Gasteiger partial charge is 0.872 e. The van der Waals surface area contributed by atoms with Gasteiger partial charge in [0.2, 0.25) is 0 Å². The second kappa shape index (κ2) is 30.7. The van der Waals surface area contributed by atoms with Crippen LogP contribution in [0.25, 0.3) is 33.9 Å². The minimum atomic E-state index is -4.73. The topological polar surface area (TPSA) is 375 Å². The number of benzene rings is 2. The molecule has 24 heteroatoms. The number of aromatic carboxylic acids is 2. The summed E-state index contributed by atoms with van der Waals surface area (Å²) in [6, 6.07) is 35.2. The third kappa shape index (κ3) is 20.5. The molecule has 0 spiro atoms. The molecule has 2 aromatic carbocycles. The van der Waals surface area contributed by atoms with Crippen LogP contribution in [0, 0.1) is 0 Å². The Balaban J connectivity index is 0.000000814. The Labute approximate surface area is 429 Å². The van der Waals surface area contributed by atoms with Gasteiger partial charge in [0.05, 0.1) is 43.7 Å². The van der Waals surface area contributed by atoms with Crippen LogP contribution in [0.2, 0.25) is 0 Å². The van der Waals surface area contributed by atoms with E-state index in [0.717, 1.165) is 47.0 Å². The summed E-state index contributed by atoms with van der Waals surface area (Å²) in [6.45, 7) is 0. The summed E-state index contributed by atoms with van der Waals surface area (Å²) in [7, 11) is -9.46. The molecule has 0 unspecified atom stereocenters. The van der Waals surface area contributed by atoms with Crippen LogP contribution in [0.3, 0.4) is 0 Å². The number of carboxylic acid groups (broad SMARTS) is 2. The summed E-state index contributed by atoms with van der Waals surface area (Å²) < 4.78 is 62.8. The first-order chi connectivity index (χ1) is 30.5. The molecule has 20 nitrogen and oxygen atoms in total. The molecule has 0 aliphatic rings. The number of nitrogens with zero attached hydrogens (tertiary/aromatic N) is 6. The van der Waals surface area contributed by atoms with Gasteiger partial charge in [-0.15, -0.1) is 0 Å². The normalized spacial score (nSPS) is 9.74. The second-order valence-electron chi connectivity index (χ2n) is 12.2. The van der Waals surface area contributed by atoms with Crippen LogP contribution < -0.4 is 10.2 Å². The van der Waals surface area contributed by atoms with Crippen molar-refractivity contribution in [3.63, 3.8) is 0 Å². The minimum absolute atomic E-state index is 0. The zero-order valence-corrected chi connectivity index (χ0v) is 44.2. The predicted octanol–water partition coefficient (Wildman–Crippen LogP) is 2.74. The van der Waals surface area contributed by atoms with Crippen LogP contribution in [0.4, 0.5) is 0 Å².